The Hall–Kier alpha value is -2.58. The molecule has 0 saturated carbocycles. The summed E-state index contributed by atoms with van der Waals surface area (Å²) in [6.45, 7) is 1.30. The van der Waals surface area contributed by atoms with Crippen LogP contribution in [0.2, 0.25) is 0 Å². The molecule has 1 fully saturated rings. The minimum absolute atomic E-state index is 0.181. The molecule has 0 atom stereocenters. The van der Waals surface area contributed by atoms with E-state index in [9.17, 15) is 18.0 Å². The number of carboxylic acid groups (broad SMARTS) is 1. The summed E-state index contributed by atoms with van der Waals surface area (Å²) in [6, 6.07) is 12.5. The van der Waals surface area contributed by atoms with Crippen LogP contribution >= 0.6 is 0 Å². The summed E-state index contributed by atoms with van der Waals surface area (Å²) in [4.78, 5) is 11.2. The SMILES string of the molecule is O=C(O)c1cccc(CNC2(c3cccc(OC(F)(F)F)c3)CCOCC2)c1. The molecule has 0 amide bonds. The Labute approximate surface area is 160 Å². The van der Waals surface area contributed by atoms with Crippen molar-refractivity contribution in [3.05, 3.63) is 65.2 Å². The number of aromatic carboxylic acids is 1. The highest BCUT2D eigenvalue weighted by molar-refractivity contribution is 5.87. The van der Waals surface area contributed by atoms with Crippen molar-refractivity contribution in [3.63, 3.8) is 0 Å². The number of carbonyl (C=O) groups is 1. The molecule has 0 spiro atoms. The van der Waals surface area contributed by atoms with Crippen molar-refractivity contribution in [2.24, 2.45) is 0 Å². The highest BCUT2D eigenvalue weighted by Gasteiger charge is 2.36. The number of ether oxygens (including phenoxy) is 2. The Morgan fingerprint density at radius 1 is 1.14 bits per heavy atom. The fraction of sp³-hybridized carbons (Fsp3) is 0.350. The van der Waals surface area contributed by atoms with E-state index in [1.165, 1.54) is 24.3 Å². The van der Waals surface area contributed by atoms with E-state index in [-0.39, 0.29) is 11.3 Å². The van der Waals surface area contributed by atoms with Gasteiger partial charge in [0.2, 0.25) is 0 Å². The van der Waals surface area contributed by atoms with Crippen LogP contribution in [0.3, 0.4) is 0 Å². The third-order valence-corrected chi connectivity index (χ3v) is 4.77. The molecule has 0 aromatic heterocycles. The summed E-state index contributed by atoms with van der Waals surface area (Å²) in [5.41, 5.74) is 1.03. The van der Waals surface area contributed by atoms with E-state index in [0.717, 1.165) is 5.56 Å². The highest BCUT2D eigenvalue weighted by atomic mass is 19.4. The second kappa shape index (κ2) is 8.20. The van der Waals surface area contributed by atoms with Crippen molar-refractivity contribution < 1.29 is 32.5 Å². The molecule has 0 aliphatic carbocycles. The lowest BCUT2D eigenvalue weighted by atomic mass is 9.82. The summed E-state index contributed by atoms with van der Waals surface area (Å²) >= 11 is 0. The predicted molar refractivity (Wildman–Crippen MR) is 95.1 cm³/mol. The lowest BCUT2D eigenvalue weighted by Crippen LogP contribution is -2.46. The molecule has 8 heteroatoms. The summed E-state index contributed by atoms with van der Waals surface area (Å²) in [5.74, 6) is -1.29. The average molecular weight is 395 g/mol. The molecule has 0 unspecified atom stereocenters. The quantitative estimate of drug-likeness (QED) is 0.772. The van der Waals surface area contributed by atoms with Crippen LogP contribution in [0.1, 0.15) is 34.3 Å². The third kappa shape index (κ3) is 5.02. The number of hydrogen-bond donors (Lipinski definition) is 2. The Morgan fingerprint density at radius 2 is 1.86 bits per heavy atom. The Balaban J connectivity index is 1.84. The van der Waals surface area contributed by atoms with Crippen LogP contribution in [0.25, 0.3) is 0 Å². The van der Waals surface area contributed by atoms with Crippen LogP contribution < -0.4 is 10.1 Å². The molecule has 1 saturated heterocycles. The molecule has 1 aliphatic heterocycles. The molecule has 28 heavy (non-hydrogen) atoms. The Morgan fingerprint density at radius 3 is 2.54 bits per heavy atom. The van der Waals surface area contributed by atoms with E-state index in [1.807, 2.05) is 0 Å². The van der Waals surface area contributed by atoms with Crippen LogP contribution in [-0.2, 0) is 16.8 Å². The van der Waals surface area contributed by atoms with Crippen molar-refractivity contribution in [1.82, 2.24) is 5.32 Å². The van der Waals surface area contributed by atoms with Gasteiger partial charge in [0.25, 0.3) is 0 Å². The van der Waals surface area contributed by atoms with E-state index in [4.69, 9.17) is 9.84 Å². The number of halogens is 3. The summed E-state index contributed by atoms with van der Waals surface area (Å²) in [5, 5.41) is 12.5. The van der Waals surface area contributed by atoms with Crippen molar-refractivity contribution in [1.29, 1.82) is 0 Å². The van der Waals surface area contributed by atoms with Gasteiger partial charge < -0.3 is 19.9 Å². The molecule has 1 heterocycles. The molecule has 150 valence electrons. The first-order valence-electron chi connectivity index (χ1n) is 8.79. The molecule has 2 aromatic carbocycles. The fourth-order valence-electron chi connectivity index (χ4n) is 3.36. The monoisotopic (exact) mass is 395 g/mol. The first-order chi connectivity index (χ1) is 13.3. The standard InChI is InChI=1S/C20H20F3NO4/c21-20(22,23)28-17-6-2-5-16(12-17)19(7-9-27-10-8-19)24-13-14-3-1-4-15(11-14)18(25)26/h1-6,11-12,24H,7-10,13H2,(H,25,26). The van der Waals surface area contributed by atoms with E-state index in [0.29, 0.717) is 38.2 Å². The molecule has 0 radical (unpaired) electrons. The van der Waals surface area contributed by atoms with Gasteiger partial charge in [0.15, 0.2) is 0 Å². The van der Waals surface area contributed by atoms with Gasteiger partial charge in [0.1, 0.15) is 5.75 Å². The van der Waals surface area contributed by atoms with Gasteiger partial charge >= 0.3 is 12.3 Å². The minimum Gasteiger partial charge on any atom is -0.478 e. The van der Waals surface area contributed by atoms with Gasteiger partial charge in [0, 0.05) is 25.3 Å². The topological polar surface area (TPSA) is 67.8 Å². The fourth-order valence-corrected chi connectivity index (χ4v) is 3.36. The van der Waals surface area contributed by atoms with Gasteiger partial charge in [-0.3, -0.25) is 0 Å². The number of carboxylic acids is 1. The number of hydrogen-bond acceptors (Lipinski definition) is 4. The van der Waals surface area contributed by atoms with Crippen LogP contribution in [0.4, 0.5) is 13.2 Å². The summed E-state index contributed by atoms with van der Waals surface area (Å²) in [7, 11) is 0. The van der Waals surface area contributed by atoms with E-state index in [1.54, 1.807) is 24.3 Å². The van der Waals surface area contributed by atoms with Gasteiger partial charge in [-0.25, -0.2) is 4.79 Å². The Kier molecular flexibility index (Phi) is 5.90. The van der Waals surface area contributed by atoms with Crippen LogP contribution in [0.15, 0.2) is 48.5 Å². The zero-order chi connectivity index (χ0) is 20.2. The molecule has 1 aliphatic rings. The van der Waals surface area contributed by atoms with Gasteiger partial charge in [-0.15, -0.1) is 13.2 Å². The summed E-state index contributed by atoms with van der Waals surface area (Å²) < 4.78 is 47.2. The molecular weight excluding hydrogens is 375 g/mol. The van der Waals surface area contributed by atoms with Crippen molar-refractivity contribution in [2.75, 3.05) is 13.2 Å². The maximum atomic E-state index is 12.6. The third-order valence-electron chi connectivity index (χ3n) is 4.77. The van der Waals surface area contributed by atoms with Gasteiger partial charge in [-0.2, -0.15) is 0 Å². The maximum absolute atomic E-state index is 12.6. The van der Waals surface area contributed by atoms with Gasteiger partial charge in [-0.05, 0) is 48.2 Å². The van der Waals surface area contributed by atoms with Crippen LogP contribution in [0, 0.1) is 0 Å². The number of alkyl halides is 3. The lowest BCUT2D eigenvalue weighted by Gasteiger charge is -2.39. The lowest BCUT2D eigenvalue weighted by molar-refractivity contribution is -0.274. The summed E-state index contributed by atoms with van der Waals surface area (Å²) in [6.07, 6.45) is -3.62. The van der Waals surface area contributed by atoms with Gasteiger partial charge in [0.05, 0.1) is 5.56 Å². The van der Waals surface area contributed by atoms with E-state index < -0.39 is 17.9 Å². The smallest absolute Gasteiger partial charge is 0.478 e. The largest absolute Gasteiger partial charge is 0.573 e. The van der Waals surface area contributed by atoms with Crippen molar-refractivity contribution in [3.8, 4) is 5.75 Å². The second-order valence-electron chi connectivity index (χ2n) is 6.63. The second-order valence-corrected chi connectivity index (χ2v) is 6.63. The van der Waals surface area contributed by atoms with Crippen LogP contribution in [0.5, 0.6) is 5.75 Å². The Bertz CT molecular complexity index is 832. The molecule has 2 aromatic rings. The zero-order valence-corrected chi connectivity index (χ0v) is 15.0. The number of rotatable bonds is 6. The average Bonchev–Trinajstić information content (AvgIpc) is 2.66. The van der Waals surface area contributed by atoms with Gasteiger partial charge in [-0.1, -0.05) is 24.3 Å². The molecule has 3 rings (SSSR count). The predicted octanol–water partition coefficient (Wildman–Crippen LogP) is 4.08. The van der Waals surface area contributed by atoms with Crippen molar-refractivity contribution in [2.45, 2.75) is 31.3 Å². The maximum Gasteiger partial charge on any atom is 0.573 e. The molecule has 0 bridgehead atoms. The first kappa shape index (κ1) is 20.2. The van der Waals surface area contributed by atoms with Crippen molar-refractivity contribution >= 4 is 5.97 Å². The van der Waals surface area contributed by atoms with E-state index >= 15 is 0 Å². The number of benzene rings is 2. The minimum atomic E-state index is -4.76. The first-order valence-corrected chi connectivity index (χ1v) is 8.79. The van der Waals surface area contributed by atoms with Crippen LogP contribution in [-0.4, -0.2) is 30.7 Å². The molecular formula is C20H20F3NO4. The van der Waals surface area contributed by atoms with E-state index in [2.05, 4.69) is 10.1 Å². The highest BCUT2D eigenvalue weighted by Crippen LogP contribution is 2.35. The number of nitrogens with one attached hydrogen (secondary N) is 1. The normalized spacial score (nSPS) is 16.5. The molecule has 5 nitrogen and oxygen atoms in total. The molecule has 2 N–H and O–H groups in total. The zero-order valence-electron chi connectivity index (χ0n) is 15.0.